The lowest BCUT2D eigenvalue weighted by molar-refractivity contribution is 0.267. The molecule has 0 bridgehead atoms. The lowest BCUT2D eigenvalue weighted by atomic mass is 9.77. The third-order valence-electron chi connectivity index (χ3n) is 4.57. The molecule has 0 amide bonds. The van der Waals surface area contributed by atoms with Gasteiger partial charge >= 0.3 is 0 Å². The van der Waals surface area contributed by atoms with Crippen LogP contribution in [0.5, 0.6) is 23.0 Å². The summed E-state index contributed by atoms with van der Waals surface area (Å²) in [4.78, 5) is 0. The molecule has 0 fully saturated rings. The van der Waals surface area contributed by atoms with Crippen LogP contribution in [0.3, 0.4) is 0 Å². The molecule has 0 aromatic heterocycles. The van der Waals surface area contributed by atoms with Crippen LogP contribution >= 0.6 is 25.3 Å². The maximum absolute atomic E-state index is 10.8. The molecule has 4 nitrogen and oxygen atoms in total. The molecule has 2 atom stereocenters. The zero-order chi connectivity index (χ0) is 20.2. The van der Waals surface area contributed by atoms with Gasteiger partial charge in [-0.2, -0.15) is 0 Å². The number of thiol groups is 2. The summed E-state index contributed by atoms with van der Waals surface area (Å²) in [6.07, 6.45) is 1.41. The Bertz CT molecular complexity index is 713. The normalized spacial score (nSPS) is 13.9. The van der Waals surface area contributed by atoms with E-state index in [1.165, 1.54) is 0 Å². The van der Waals surface area contributed by atoms with Crippen molar-refractivity contribution in [1.82, 2.24) is 0 Å². The molecule has 2 unspecified atom stereocenters. The molecule has 0 saturated heterocycles. The third kappa shape index (κ3) is 4.79. The lowest BCUT2D eigenvalue weighted by Gasteiger charge is -2.29. The van der Waals surface area contributed by atoms with E-state index in [2.05, 4.69) is 25.3 Å². The first-order chi connectivity index (χ1) is 12.7. The van der Waals surface area contributed by atoms with E-state index in [1.807, 2.05) is 52.0 Å². The van der Waals surface area contributed by atoms with Gasteiger partial charge in [0.15, 0.2) is 23.0 Å². The van der Waals surface area contributed by atoms with Crippen molar-refractivity contribution in [3.63, 3.8) is 0 Å². The third-order valence-corrected chi connectivity index (χ3v) is 5.51. The first-order valence-corrected chi connectivity index (χ1v) is 10.1. The maximum Gasteiger partial charge on any atom is 0.162 e. The van der Waals surface area contributed by atoms with Crippen LogP contribution in [-0.2, 0) is 5.41 Å². The smallest absolute Gasteiger partial charge is 0.162 e. The minimum absolute atomic E-state index is 0.0429. The van der Waals surface area contributed by atoms with Gasteiger partial charge in [-0.05, 0) is 25.0 Å². The predicted molar refractivity (Wildman–Crippen MR) is 116 cm³/mol. The molecule has 0 aliphatic carbocycles. The zero-order valence-corrected chi connectivity index (χ0v) is 17.9. The van der Waals surface area contributed by atoms with Gasteiger partial charge in [-0.1, -0.05) is 52.0 Å². The number of aromatic hydroxyl groups is 2. The molecule has 2 aromatic rings. The summed E-state index contributed by atoms with van der Waals surface area (Å²) in [6.45, 7) is 7.77. The minimum Gasteiger partial charge on any atom is -0.504 e. The van der Waals surface area contributed by atoms with E-state index in [9.17, 15) is 10.2 Å². The van der Waals surface area contributed by atoms with E-state index >= 15 is 0 Å². The molecule has 27 heavy (non-hydrogen) atoms. The summed E-state index contributed by atoms with van der Waals surface area (Å²) < 4.78 is 11.4. The largest absolute Gasteiger partial charge is 0.504 e. The van der Waals surface area contributed by atoms with Gasteiger partial charge in [-0.25, -0.2) is 0 Å². The summed E-state index contributed by atoms with van der Waals surface area (Å²) in [5.41, 5.74) is -0.0192. The fourth-order valence-corrected chi connectivity index (χ4v) is 3.08. The maximum atomic E-state index is 10.8. The van der Waals surface area contributed by atoms with Crippen molar-refractivity contribution in [3.8, 4) is 23.0 Å². The Kier molecular flexibility index (Phi) is 7.23. The second-order valence-electron chi connectivity index (χ2n) is 6.89. The number of hydrogen-bond acceptors (Lipinski definition) is 6. The molecule has 2 rings (SSSR count). The first-order valence-electron chi connectivity index (χ1n) is 9.06. The van der Waals surface area contributed by atoms with Gasteiger partial charge in [-0.15, -0.1) is 25.3 Å². The molecule has 0 heterocycles. The zero-order valence-electron chi connectivity index (χ0n) is 16.1. The Labute approximate surface area is 172 Å². The van der Waals surface area contributed by atoms with Gasteiger partial charge in [0, 0.05) is 16.5 Å². The minimum atomic E-state index is -0.691. The molecule has 2 N–H and O–H groups in total. The van der Waals surface area contributed by atoms with E-state index in [0.717, 1.165) is 0 Å². The van der Waals surface area contributed by atoms with Crippen LogP contribution in [0.2, 0.25) is 0 Å². The van der Waals surface area contributed by atoms with Gasteiger partial charge in [0.1, 0.15) is 10.9 Å². The molecule has 0 aliphatic heterocycles. The van der Waals surface area contributed by atoms with E-state index in [0.29, 0.717) is 35.5 Å². The highest BCUT2D eigenvalue weighted by Gasteiger charge is 2.31. The summed E-state index contributed by atoms with van der Waals surface area (Å²) in [5, 5.41) is 21.6. The molecule has 6 heteroatoms. The highest BCUT2D eigenvalue weighted by Crippen LogP contribution is 2.46. The van der Waals surface area contributed by atoms with Crippen molar-refractivity contribution in [3.05, 3.63) is 47.5 Å². The summed E-state index contributed by atoms with van der Waals surface area (Å²) in [6, 6.07) is 10.7. The van der Waals surface area contributed by atoms with Crippen molar-refractivity contribution < 1.29 is 19.7 Å². The van der Waals surface area contributed by atoms with Crippen LogP contribution in [0.15, 0.2) is 36.4 Å². The number of rotatable bonds is 8. The molecular formula is C21H28O4S2. The number of phenolic OH excluding ortho intramolecular Hbond substituents is 2. The van der Waals surface area contributed by atoms with Crippen molar-refractivity contribution in [1.29, 1.82) is 0 Å². The standard InChI is InChI=1S/C21H28O4S2/c1-5-17(26)24-15-11-7-9-13(19(15)22)21(3,4)14-10-8-12-16(20(14)23)25-18(27)6-2/h7-12,17-18,22-23,26-27H,5-6H2,1-4H3. The molecule has 148 valence electrons. The average Bonchev–Trinajstić information content (AvgIpc) is 2.64. The molecule has 0 aliphatic rings. The van der Waals surface area contributed by atoms with Crippen molar-refractivity contribution in [2.24, 2.45) is 0 Å². The highest BCUT2D eigenvalue weighted by molar-refractivity contribution is 7.80. The average molecular weight is 409 g/mol. The SMILES string of the molecule is CCC(S)Oc1cccc(C(C)(C)c2cccc(OC(S)CC)c2O)c1O. The summed E-state index contributed by atoms with van der Waals surface area (Å²) >= 11 is 8.68. The Hall–Kier alpha value is -1.66. The first kappa shape index (κ1) is 21.6. The highest BCUT2D eigenvalue weighted by atomic mass is 32.1. The fourth-order valence-electron chi connectivity index (χ4n) is 2.85. The van der Waals surface area contributed by atoms with Gasteiger partial charge in [0.2, 0.25) is 0 Å². The number of ether oxygens (including phenoxy) is 2. The Balaban J connectivity index is 2.47. The summed E-state index contributed by atoms with van der Waals surface area (Å²) in [7, 11) is 0. The van der Waals surface area contributed by atoms with Crippen LogP contribution in [0.1, 0.15) is 51.7 Å². The van der Waals surface area contributed by atoms with Crippen LogP contribution in [0.25, 0.3) is 0 Å². The van der Waals surface area contributed by atoms with Crippen molar-refractivity contribution in [2.75, 3.05) is 0 Å². The Morgan fingerprint density at radius 2 is 1.19 bits per heavy atom. The number of hydrogen-bond donors (Lipinski definition) is 4. The fraction of sp³-hybridized carbons (Fsp3) is 0.429. The number of phenols is 2. The molecular weight excluding hydrogens is 380 g/mol. The van der Waals surface area contributed by atoms with Crippen molar-refractivity contribution >= 4 is 25.3 Å². The van der Waals surface area contributed by atoms with Crippen molar-refractivity contribution in [2.45, 2.75) is 56.8 Å². The predicted octanol–water partition coefficient (Wildman–Crippen LogP) is 5.51. The second kappa shape index (κ2) is 9.02. The van der Waals surface area contributed by atoms with E-state index < -0.39 is 5.41 Å². The lowest BCUT2D eigenvalue weighted by Crippen LogP contribution is -2.20. The van der Waals surface area contributed by atoms with Gasteiger partial charge in [0.05, 0.1) is 0 Å². The monoisotopic (exact) mass is 408 g/mol. The topological polar surface area (TPSA) is 58.9 Å². The summed E-state index contributed by atoms with van der Waals surface area (Å²) in [5.74, 6) is 0.828. The van der Waals surface area contributed by atoms with Crippen LogP contribution in [0, 0.1) is 0 Å². The molecule has 0 spiro atoms. The quantitative estimate of drug-likeness (QED) is 0.343. The number of para-hydroxylation sites is 2. The van der Waals surface area contributed by atoms with E-state index in [-0.39, 0.29) is 22.4 Å². The van der Waals surface area contributed by atoms with Gasteiger partial charge < -0.3 is 19.7 Å². The molecule has 0 saturated carbocycles. The Morgan fingerprint density at radius 3 is 1.52 bits per heavy atom. The van der Waals surface area contributed by atoms with Gasteiger partial charge in [-0.3, -0.25) is 0 Å². The van der Waals surface area contributed by atoms with Crippen LogP contribution in [-0.4, -0.2) is 21.1 Å². The van der Waals surface area contributed by atoms with Crippen LogP contribution in [0.4, 0.5) is 0 Å². The number of benzene rings is 2. The Morgan fingerprint density at radius 1 is 0.815 bits per heavy atom. The van der Waals surface area contributed by atoms with E-state index in [1.54, 1.807) is 12.1 Å². The van der Waals surface area contributed by atoms with Crippen LogP contribution < -0.4 is 9.47 Å². The molecule has 2 aromatic carbocycles. The second-order valence-corrected chi connectivity index (χ2v) is 8.04. The van der Waals surface area contributed by atoms with Gasteiger partial charge in [0.25, 0.3) is 0 Å². The molecule has 0 radical (unpaired) electrons. The van der Waals surface area contributed by atoms with E-state index in [4.69, 9.17) is 9.47 Å².